The maximum Gasteiger partial charge on any atom is 0.258 e. The summed E-state index contributed by atoms with van der Waals surface area (Å²) in [5.74, 6) is 0.197. The van der Waals surface area contributed by atoms with E-state index in [9.17, 15) is 13.2 Å². The van der Waals surface area contributed by atoms with Crippen molar-refractivity contribution in [3.63, 3.8) is 0 Å². The molecule has 23 heavy (non-hydrogen) atoms. The normalized spacial score (nSPS) is 17.6. The molecule has 122 valence electrons. The monoisotopic (exact) mass is 350 g/mol. The molecule has 1 aliphatic rings. The highest BCUT2D eigenvalue weighted by molar-refractivity contribution is 7.90. The fourth-order valence-corrected chi connectivity index (χ4v) is 4.79. The van der Waals surface area contributed by atoms with Crippen molar-refractivity contribution in [1.29, 1.82) is 0 Å². The molecule has 5 nitrogen and oxygen atoms in total. The molecule has 0 spiro atoms. The zero-order valence-electron chi connectivity index (χ0n) is 13.0. The van der Waals surface area contributed by atoms with E-state index >= 15 is 0 Å². The predicted molar refractivity (Wildman–Crippen MR) is 90.8 cm³/mol. The lowest BCUT2D eigenvalue weighted by Gasteiger charge is -2.15. The number of sulfone groups is 1. The van der Waals surface area contributed by atoms with Crippen LogP contribution in [0.25, 0.3) is 0 Å². The quantitative estimate of drug-likeness (QED) is 0.923. The smallest absolute Gasteiger partial charge is 0.258 e. The van der Waals surface area contributed by atoms with Gasteiger partial charge in [0.25, 0.3) is 5.91 Å². The third-order valence-electron chi connectivity index (χ3n) is 3.94. The summed E-state index contributed by atoms with van der Waals surface area (Å²) in [6, 6.07) is 6.22. The van der Waals surface area contributed by atoms with Crippen molar-refractivity contribution in [1.82, 2.24) is 4.98 Å². The Hall–Kier alpha value is -1.73. The molecule has 0 saturated carbocycles. The van der Waals surface area contributed by atoms with Gasteiger partial charge in [0.05, 0.1) is 16.2 Å². The standard InChI is InChI=1S/C16H18N2O3S2/c1-10-7-8-12-13(9-10)22-16(17-12)18-15(19)11-5-3-4-6-14(11)23(2,20)21/h3-6,10H,7-9H2,1-2H3,(H,17,18,19)/t10-/m0/s1. The SMILES string of the molecule is C[C@H]1CCc2nc(NC(=O)c3ccccc3S(C)(=O)=O)sc2C1. The summed E-state index contributed by atoms with van der Waals surface area (Å²) in [5, 5.41) is 3.29. The number of carbonyl (C=O) groups is 1. The van der Waals surface area contributed by atoms with E-state index in [0.717, 1.165) is 31.2 Å². The van der Waals surface area contributed by atoms with E-state index in [-0.39, 0.29) is 10.5 Å². The van der Waals surface area contributed by atoms with Crippen molar-refractivity contribution in [3.8, 4) is 0 Å². The Balaban J connectivity index is 1.86. The van der Waals surface area contributed by atoms with Crippen molar-refractivity contribution in [2.24, 2.45) is 5.92 Å². The zero-order valence-corrected chi connectivity index (χ0v) is 14.6. The molecule has 0 unspecified atom stereocenters. The van der Waals surface area contributed by atoms with Crippen LogP contribution in [0.2, 0.25) is 0 Å². The van der Waals surface area contributed by atoms with E-state index in [1.807, 2.05) is 0 Å². The third-order valence-corrected chi connectivity index (χ3v) is 6.13. The summed E-state index contributed by atoms with van der Waals surface area (Å²) in [7, 11) is -3.46. The number of nitrogens with zero attached hydrogens (tertiary/aromatic N) is 1. The van der Waals surface area contributed by atoms with Gasteiger partial charge in [-0.3, -0.25) is 10.1 Å². The van der Waals surface area contributed by atoms with Gasteiger partial charge in [0.2, 0.25) is 0 Å². The minimum absolute atomic E-state index is 0.0347. The summed E-state index contributed by atoms with van der Waals surface area (Å²) in [6.07, 6.45) is 4.13. The van der Waals surface area contributed by atoms with E-state index in [1.54, 1.807) is 12.1 Å². The summed E-state index contributed by atoms with van der Waals surface area (Å²) in [4.78, 5) is 18.2. The van der Waals surface area contributed by atoms with E-state index in [4.69, 9.17) is 0 Å². The Morgan fingerprint density at radius 1 is 1.35 bits per heavy atom. The second kappa shape index (κ2) is 6.05. The van der Waals surface area contributed by atoms with Gasteiger partial charge in [0.15, 0.2) is 15.0 Å². The van der Waals surface area contributed by atoms with Crippen LogP contribution >= 0.6 is 11.3 Å². The van der Waals surface area contributed by atoms with Crippen LogP contribution in [-0.2, 0) is 22.7 Å². The molecule has 1 heterocycles. The van der Waals surface area contributed by atoms with Gasteiger partial charge in [-0.05, 0) is 37.3 Å². The van der Waals surface area contributed by atoms with Gasteiger partial charge in [0.1, 0.15) is 0 Å². The number of rotatable bonds is 3. The van der Waals surface area contributed by atoms with Gasteiger partial charge in [-0.2, -0.15) is 0 Å². The molecule has 0 radical (unpaired) electrons. The molecule has 1 aromatic carbocycles. The fourth-order valence-electron chi connectivity index (χ4n) is 2.74. The number of thiazole rings is 1. The Labute approximate surface area is 139 Å². The third kappa shape index (κ3) is 3.45. The highest BCUT2D eigenvalue weighted by atomic mass is 32.2. The number of hydrogen-bond acceptors (Lipinski definition) is 5. The number of anilines is 1. The molecule has 1 amide bonds. The molecule has 1 atom stereocenters. The topological polar surface area (TPSA) is 76.1 Å². The van der Waals surface area contributed by atoms with Crippen LogP contribution in [0.3, 0.4) is 0 Å². The molecule has 1 N–H and O–H groups in total. The van der Waals surface area contributed by atoms with Gasteiger partial charge < -0.3 is 0 Å². The van der Waals surface area contributed by atoms with Crippen LogP contribution < -0.4 is 5.32 Å². The highest BCUT2D eigenvalue weighted by Gasteiger charge is 2.22. The summed E-state index contributed by atoms with van der Waals surface area (Å²) >= 11 is 1.48. The van der Waals surface area contributed by atoms with Gasteiger partial charge in [-0.1, -0.05) is 19.1 Å². The first-order valence-electron chi connectivity index (χ1n) is 7.43. The summed E-state index contributed by atoms with van der Waals surface area (Å²) < 4.78 is 23.6. The number of amides is 1. The van der Waals surface area contributed by atoms with Crippen LogP contribution in [0.5, 0.6) is 0 Å². The number of hydrogen-bond donors (Lipinski definition) is 1. The van der Waals surface area contributed by atoms with Gasteiger partial charge >= 0.3 is 0 Å². The van der Waals surface area contributed by atoms with Crippen molar-refractivity contribution < 1.29 is 13.2 Å². The maximum absolute atomic E-state index is 12.4. The summed E-state index contributed by atoms with van der Waals surface area (Å²) in [6.45, 7) is 2.21. The van der Waals surface area contributed by atoms with Crippen LogP contribution in [0.15, 0.2) is 29.2 Å². The molecule has 0 saturated heterocycles. The first kappa shape index (κ1) is 16.1. The molecule has 0 bridgehead atoms. The number of benzene rings is 1. The minimum atomic E-state index is -3.46. The van der Waals surface area contributed by atoms with Crippen LogP contribution in [0.4, 0.5) is 5.13 Å². The lowest BCUT2D eigenvalue weighted by Crippen LogP contribution is -2.16. The fraction of sp³-hybridized carbons (Fsp3) is 0.375. The lowest BCUT2D eigenvalue weighted by molar-refractivity contribution is 0.102. The molecule has 0 aliphatic heterocycles. The molecule has 2 aromatic rings. The highest BCUT2D eigenvalue weighted by Crippen LogP contribution is 2.32. The molecule has 1 aliphatic carbocycles. The van der Waals surface area contributed by atoms with Crippen molar-refractivity contribution in [3.05, 3.63) is 40.4 Å². The lowest BCUT2D eigenvalue weighted by atomic mass is 9.93. The Bertz CT molecular complexity index is 856. The Morgan fingerprint density at radius 3 is 2.83 bits per heavy atom. The zero-order chi connectivity index (χ0) is 16.6. The van der Waals surface area contributed by atoms with E-state index < -0.39 is 15.7 Å². The van der Waals surface area contributed by atoms with Crippen molar-refractivity contribution in [2.75, 3.05) is 11.6 Å². The minimum Gasteiger partial charge on any atom is -0.298 e. The number of fused-ring (bicyclic) bond motifs is 1. The van der Waals surface area contributed by atoms with Crippen LogP contribution in [0, 0.1) is 5.92 Å². The largest absolute Gasteiger partial charge is 0.298 e. The number of aromatic nitrogens is 1. The van der Waals surface area contributed by atoms with Crippen LogP contribution in [-0.4, -0.2) is 25.6 Å². The molecular formula is C16H18N2O3S2. The number of carbonyl (C=O) groups excluding carboxylic acids is 1. The van der Waals surface area contributed by atoms with Gasteiger partial charge in [-0.25, -0.2) is 13.4 Å². The van der Waals surface area contributed by atoms with Crippen LogP contribution in [0.1, 0.15) is 34.3 Å². The average Bonchev–Trinajstić information content (AvgIpc) is 2.87. The molecule has 0 fully saturated rings. The molecular weight excluding hydrogens is 332 g/mol. The predicted octanol–water partition coefficient (Wildman–Crippen LogP) is 2.92. The Morgan fingerprint density at radius 2 is 2.09 bits per heavy atom. The second-order valence-electron chi connectivity index (χ2n) is 5.96. The molecule has 1 aromatic heterocycles. The van der Waals surface area contributed by atoms with Gasteiger partial charge in [-0.15, -0.1) is 11.3 Å². The second-order valence-corrected chi connectivity index (χ2v) is 9.03. The van der Waals surface area contributed by atoms with E-state index in [0.29, 0.717) is 11.0 Å². The van der Waals surface area contributed by atoms with E-state index in [2.05, 4.69) is 17.2 Å². The first-order valence-corrected chi connectivity index (χ1v) is 10.1. The maximum atomic E-state index is 12.4. The van der Waals surface area contributed by atoms with E-state index in [1.165, 1.54) is 28.3 Å². The van der Waals surface area contributed by atoms with Gasteiger partial charge in [0, 0.05) is 11.1 Å². The molecule has 3 rings (SSSR count). The number of nitrogens with one attached hydrogen (secondary N) is 1. The Kier molecular flexibility index (Phi) is 4.25. The molecule has 7 heteroatoms. The van der Waals surface area contributed by atoms with Crippen molar-refractivity contribution in [2.45, 2.75) is 31.1 Å². The summed E-state index contributed by atoms with van der Waals surface area (Å²) in [5.41, 5.74) is 1.20. The average molecular weight is 350 g/mol. The first-order chi connectivity index (χ1) is 10.8. The number of aryl methyl sites for hydroxylation is 1. The van der Waals surface area contributed by atoms with Crippen molar-refractivity contribution >= 4 is 32.2 Å².